The van der Waals surface area contributed by atoms with Gasteiger partial charge in [-0.05, 0) is 29.3 Å². The predicted molar refractivity (Wildman–Crippen MR) is 61.6 cm³/mol. The molecular formula is C12H12OS. The molecule has 14 heavy (non-hydrogen) atoms. The Morgan fingerprint density at radius 3 is 2.86 bits per heavy atom. The second-order valence-corrected chi connectivity index (χ2v) is 4.35. The first-order chi connectivity index (χ1) is 6.70. The van der Waals surface area contributed by atoms with E-state index in [0.717, 1.165) is 16.5 Å². The first-order valence-corrected chi connectivity index (χ1v) is 5.37. The molecule has 0 aliphatic rings. The molecule has 1 unspecified atom stereocenters. The van der Waals surface area contributed by atoms with Crippen LogP contribution in [0.3, 0.4) is 0 Å². The van der Waals surface area contributed by atoms with Gasteiger partial charge in [0.15, 0.2) is 0 Å². The normalized spacial score (nSPS) is 13.0. The molecule has 0 radical (unpaired) electrons. The molecule has 0 saturated carbocycles. The molecule has 1 atom stereocenters. The van der Waals surface area contributed by atoms with E-state index in [2.05, 4.69) is 12.6 Å². The maximum Gasteiger partial charge on any atom is 0.101 e. The van der Waals surface area contributed by atoms with E-state index in [1.807, 2.05) is 30.5 Å². The Kier molecular flexibility index (Phi) is 2.40. The summed E-state index contributed by atoms with van der Waals surface area (Å²) in [5, 5.41) is 13.0. The van der Waals surface area contributed by atoms with Gasteiger partial charge in [0.2, 0.25) is 0 Å². The van der Waals surface area contributed by atoms with Crippen molar-refractivity contribution in [3.63, 3.8) is 0 Å². The third kappa shape index (κ3) is 1.47. The van der Waals surface area contributed by atoms with Gasteiger partial charge in [-0.1, -0.05) is 24.8 Å². The molecule has 72 valence electrons. The maximum atomic E-state index is 9.89. The van der Waals surface area contributed by atoms with Gasteiger partial charge in [-0.2, -0.15) is 0 Å². The summed E-state index contributed by atoms with van der Waals surface area (Å²) in [5.74, 6) is 0. The Morgan fingerprint density at radius 1 is 1.43 bits per heavy atom. The average molecular weight is 204 g/mol. The SMILES string of the molecule is C=C(C)C(O)c1csc2ccccc12. The summed E-state index contributed by atoms with van der Waals surface area (Å²) in [7, 11) is 0. The van der Waals surface area contributed by atoms with Crippen molar-refractivity contribution in [3.05, 3.63) is 47.4 Å². The summed E-state index contributed by atoms with van der Waals surface area (Å²) < 4.78 is 1.21. The predicted octanol–water partition coefficient (Wildman–Crippen LogP) is 3.51. The van der Waals surface area contributed by atoms with Crippen LogP contribution in [0.15, 0.2) is 41.8 Å². The molecule has 2 rings (SSSR count). The van der Waals surface area contributed by atoms with Gasteiger partial charge in [0.05, 0.1) is 0 Å². The summed E-state index contributed by atoms with van der Waals surface area (Å²) in [4.78, 5) is 0. The fourth-order valence-electron chi connectivity index (χ4n) is 1.48. The minimum atomic E-state index is -0.536. The van der Waals surface area contributed by atoms with Crippen LogP contribution in [0, 0.1) is 0 Å². The summed E-state index contributed by atoms with van der Waals surface area (Å²) in [6, 6.07) is 8.10. The molecule has 1 N–H and O–H groups in total. The molecule has 0 aliphatic heterocycles. The quantitative estimate of drug-likeness (QED) is 0.742. The van der Waals surface area contributed by atoms with E-state index in [1.54, 1.807) is 11.3 Å². The van der Waals surface area contributed by atoms with Crippen LogP contribution in [-0.4, -0.2) is 5.11 Å². The highest BCUT2D eigenvalue weighted by molar-refractivity contribution is 7.17. The number of aliphatic hydroxyl groups is 1. The Morgan fingerprint density at radius 2 is 2.14 bits per heavy atom. The van der Waals surface area contributed by atoms with Gasteiger partial charge < -0.3 is 5.11 Å². The highest BCUT2D eigenvalue weighted by Crippen LogP contribution is 2.32. The summed E-state index contributed by atoms with van der Waals surface area (Å²) >= 11 is 1.66. The third-order valence-electron chi connectivity index (χ3n) is 2.27. The van der Waals surface area contributed by atoms with Crippen LogP contribution in [0.1, 0.15) is 18.6 Å². The molecule has 0 bridgehead atoms. The van der Waals surface area contributed by atoms with Crippen LogP contribution < -0.4 is 0 Å². The number of hydrogen-bond donors (Lipinski definition) is 1. The van der Waals surface area contributed by atoms with Crippen molar-refractivity contribution in [1.29, 1.82) is 0 Å². The van der Waals surface area contributed by atoms with Crippen LogP contribution in [0.25, 0.3) is 10.1 Å². The molecule has 0 aliphatic carbocycles. The smallest absolute Gasteiger partial charge is 0.101 e. The van der Waals surface area contributed by atoms with E-state index < -0.39 is 6.10 Å². The van der Waals surface area contributed by atoms with Crippen molar-refractivity contribution in [2.75, 3.05) is 0 Å². The molecule has 2 aromatic rings. The van der Waals surface area contributed by atoms with Crippen molar-refractivity contribution in [3.8, 4) is 0 Å². The minimum Gasteiger partial charge on any atom is -0.384 e. The lowest BCUT2D eigenvalue weighted by Gasteiger charge is -2.08. The molecule has 0 spiro atoms. The van der Waals surface area contributed by atoms with Crippen LogP contribution in [0.5, 0.6) is 0 Å². The molecule has 1 aromatic carbocycles. The number of aliphatic hydroxyl groups excluding tert-OH is 1. The first-order valence-electron chi connectivity index (χ1n) is 4.49. The zero-order valence-electron chi connectivity index (χ0n) is 8.03. The van der Waals surface area contributed by atoms with Crippen molar-refractivity contribution in [2.24, 2.45) is 0 Å². The molecular weight excluding hydrogens is 192 g/mol. The molecule has 1 nitrogen and oxygen atoms in total. The third-order valence-corrected chi connectivity index (χ3v) is 3.25. The van der Waals surface area contributed by atoms with Gasteiger partial charge in [0.1, 0.15) is 6.10 Å². The maximum absolute atomic E-state index is 9.89. The fraction of sp³-hybridized carbons (Fsp3) is 0.167. The highest BCUT2D eigenvalue weighted by Gasteiger charge is 2.12. The summed E-state index contributed by atoms with van der Waals surface area (Å²) in [6.45, 7) is 5.62. The standard InChI is InChI=1S/C12H12OS/c1-8(2)12(13)10-7-14-11-6-4-3-5-9(10)11/h3-7,12-13H,1H2,2H3. The second-order valence-electron chi connectivity index (χ2n) is 3.44. The zero-order chi connectivity index (χ0) is 10.1. The van der Waals surface area contributed by atoms with Gasteiger partial charge >= 0.3 is 0 Å². The van der Waals surface area contributed by atoms with Crippen LogP contribution in [-0.2, 0) is 0 Å². The van der Waals surface area contributed by atoms with Crippen LogP contribution in [0.2, 0.25) is 0 Å². The van der Waals surface area contributed by atoms with Crippen molar-refractivity contribution < 1.29 is 5.11 Å². The Labute approximate surface area is 87.3 Å². The first kappa shape index (κ1) is 9.44. The van der Waals surface area contributed by atoms with Gasteiger partial charge in [0.25, 0.3) is 0 Å². The largest absolute Gasteiger partial charge is 0.384 e. The monoisotopic (exact) mass is 204 g/mol. The van der Waals surface area contributed by atoms with E-state index in [0.29, 0.717) is 0 Å². The van der Waals surface area contributed by atoms with Crippen molar-refractivity contribution >= 4 is 21.4 Å². The zero-order valence-corrected chi connectivity index (χ0v) is 8.84. The molecule has 0 fully saturated rings. The Hall–Kier alpha value is -1.12. The number of fused-ring (bicyclic) bond motifs is 1. The lowest BCUT2D eigenvalue weighted by molar-refractivity contribution is 0.218. The molecule has 1 aromatic heterocycles. The van der Waals surface area contributed by atoms with Gasteiger partial charge in [-0.3, -0.25) is 0 Å². The topological polar surface area (TPSA) is 20.2 Å². The number of rotatable bonds is 2. The highest BCUT2D eigenvalue weighted by atomic mass is 32.1. The van der Waals surface area contributed by atoms with E-state index in [-0.39, 0.29) is 0 Å². The van der Waals surface area contributed by atoms with E-state index in [9.17, 15) is 5.11 Å². The molecule has 2 heteroatoms. The lowest BCUT2D eigenvalue weighted by Crippen LogP contribution is -1.95. The van der Waals surface area contributed by atoms with Crippen molar-refractivity contribution in [2.45, 2.75) is 13.0 Å². The summed E-state index contributed by atoms with van der Waals surface area (Å²) in [5.41, 5.74) is 1.76. The van der Waals surface area contributed by atoms with E-state index in [1.165, 1.54) is 4.70 Å². The molecule has 0 amide bonds. The minimum absolute atomic E-state index is 0.536. The Bertz CT molecular complexity index is 470. The van der Waals surface area contributed by atoms with E-state index >= 15 is 0 Å². The number of thiophene rings is 1. The second kappa shape index (κ2) is 3.56. The molecule has 0 saturated heterocycles. The van der Waals surface area contributed by atoms with Crippen LogP contribution >= 0.6 is 11.3 Å². The lowest BCUT2D eigenvalue weighted by atomic mass is 10.0. The van der Waals surface area contributed by atoms with Gasteiger partial charge in [0, 0.05) is 10.3 Å². The number of benzene rings is 1. The average Bonchev–Trinajstić information content (AvgIpc) is 2.60. The number of hydrogen-bond acceptors (Lipinski definition) is 2. The van der Waals surface area contributed by atoms with Crippen LogP contribution in [0.4, 0.5) is 0 Å². The van der Waals surface area contributed by atoms with Crippen molar-refractivity contribution in [1.82, 2.24) is 0 Å². The Balaban J connectivity index is 2.58. The fourth-order valence-corrected chi connectivity index (χ4v) is 2.46. The molecule has 1 heterocycles. The van der Waals surface area contributed by atoms with Gasteiger partial charge in [-0.15, -0.1) is 11.3 Å². The van der Waals surface area contributed by atoms with E-state index in [4.69, 9.17) is 0 Å². The summed E-state index contributed by atoms with van der Waals surface area (Å²) in [6.07, 6.45) is -0.536. The van der Waals surface area contributed by atoms with Gasteiger partial charge in [-0.25, -0.2) is 0 Å².